The number of aliphatic hydroxyl groups is 1. The molecule has 2 aliphatic rings. The highest BCUT2D eigenvalue weighted by Gasteiger charge is 2.25. The van der Waals surface area contributed by atoms with E-state index in [9.17, 15) is 5.11 Å². The molecule has 1 aromatic rings. The number of benzene rings is 1. The van der Waals surface area contributed by atoms with Gasteiger partial charge in [-0.3, -0.25) is 9.89 Å². The van der Waals surface area contributed by atoms with Gasteiger partial charge in [-0.25, -0.2) is 0 Å². The molecule has 0 radical (unpaired) electrons. The van der Waals surface area contributed by atoms with Gasteiger partial charge in [0.1, 0.15) is 0 Å². The minimum atomic E-state index is -0.101. The third kappa shape index (κ3) is 7.19. The number of aliphatic imine (C=N–C) groups is 1. The molecular formula is C27H39N3O4. The fourth-order valence-electron chi connectivity index (χ4n) is 4.46. The standard InChI is InChI=1S/C27H39N3O4/c1-5-34-27-19-23(6-7-26(27)32-4)25(10-15-31)28-20-21(2)18-22(3)29-11-8-24(9-12-29)30-13-16-33-17-14-30/h6-7,10,18-20,24,31H,3,5,8-9,11-17H2,1-2,4H3/b21-18-,25-10-,28-20+. The molecular weight excluding hydrogens is 430 g/mol. The van der Waals surface area contributed by atoms with E-state index in [1.165, 1.54) is 0 Å². The Morgan fingerprint density at radius 3 is 2.59 bits per heavy atom. The molecule has 0 unspecified atom stereocenters. The van der Waals surface area contributed by atoms with Crippen LogP contribution in [0.1, 0.15) is 32.3 Å². The van der Waals surface area contributed by atoms with Crippen LogP contribution in [0.5, 0.6) is 11.5 Å². The number of hydrogen-bond donors (Lipinski definition) is 1. The number of hydrogen-bond acceptors (Lipinski definition) is 7. The van der Waals surface area contributed by atoms with Crippen LogP contribution in [0, 0.1) is 0 Å². The molecule has 0 bridgehead atoms. The van der Waals surface area contributed by atoms with Crippen molar-refractivity contribution in [2.75, 3.05) is 59.7 Å². The van der Waals surface area contributed by atoms with Gasteiger partial charge in [0.25, 0.3) is 0 Å². The summed E-state index contributed by atoms with van der Waals surface area (Å²) >= 11 is 0. The zero-order valence-electron chi connectivity index (χ0n) is 20.8. The van der Waals surface area contributed by atoms with Gasteiger partial charge in [-0.15, -0.1) is 0 Å². The Labute approximate surface area is 204 Å². The third-order valence-electron chi connectivity index (χ3n) is 6.28. The van der Waals surface area contributed by atoms with E-state index in [-0.39, 0.29) is 6.61 Å². The van der Waals surface area contributed by atoms with Crippen LogP contribution < -0.4 is 9.47 Å². The molecule has 0 saturated carbocycles. The topological polar surface area (TPSA) is 66.8 Å². The van der Waals surface area contributed by atoms with E-state index in [1.807, 2.05) is 38.3 Å². The first-order chi connectivity index (χ1) is 16.5. The summed E-state index contributed by atoms with van der Waals surface area (Å²) in [5.74, 6) is 1.32. The lowest BCUT2D eigenvalue weighted by Crippen LogP contribution is -2.48. The summed E-state index contributed by atoms with van der Waals surface area (Å²) in [5, 5.41) is 9.52. The lowest BCUT2D eigenvalue weighted by Gasteiger charge is -2.41. The van der Waals surface area contributed by atoms with E-state index < -0.39 is 0 Å². The summed E-state index contributed by atoms with van der Waals surface area (Å²) in [6.07, 6.45) is 7.89. The van der Waals surface area contributed by atoms with Crippen LogP contribution in [-0.4, -0.2) is 86.9 Å². The number of aliphatic hydroxyl groups excluding tert-OH is 1. The molecule has 0 aliphatic carbocycles. The molecule has 7 heteroatoms. The summed E-state index contributed by atoms with van der Waals surface area (Å²) in [5.41, 5.74) is 3.55. The van der Waals surface area contributed by atoms with Gasteiger partial charge in [0, 0.05) is 49.7 Å². The lowest BCUT2D eigenvalue weighted by molar-refractivity contribution is 0.00370. The number of allylic oxidation sites excluding steroid dienone is 2. The highest BCUT2D eigenvalue weighted by molar-refractivity contribution is 5.85. The summed E-state index contributed by atoms with van der Waals surface area (Å²) in [7, 11) is 1.62. The van der Waals surface area contributed by atoms with Crippen molar-refractivity contribution in [3.05, 3.63) is 53.8 Å². The van der Waals surface area contributed by atoms with Crippen molar-refractivity contribution in [3.63, 3.8) is 0 Å². The fraction of sp³-hybridized carbons (Fsp3) is 0.519. The van der Waals surface area contributed by atoms with Crippen molar-refractivity contribution in [1.29, 1.82) is 0 Å². The predicted molar refractivity (Wildman–Crippen MR) is 138 cm³/mol. The van der Waals surface area contributed by atoms with Crippen LogP contribution in [0.15, 0.2) is 53.2 Å². The first-order valence-corrected chi connectivity index (χ1v) is 12.2. The Balaban J connectivity index is 1.62. The number of methoxy groups -OCH3 is 1. The quantitative estimate of drug-likeness (QED) is 0.416. The molecule has 0 aromatic heterocycles. The van der Waals surface area contributed by atoms with Crippen molar-refractivity contribution in [2.24, 2.45) is 4.99 Å². The van der Waals surface area contributed by atoms with Crippen molar-refractivity contribution in [3.8, 4) is 11.5 Å². The monoisotopic (exact) mass is 469 g/mol. The van der Waals surface area contributed by atoms with Crippen LogP contribution in [0.2, 0.25) is 0 Å². The zero-order valence-corrected chi connectivity index (χ0v) is 20.8. The van der Waals surface area contributed by atoms with E-state index in [0.29, 0.717) is 29.8 Å². The van der Waals surface area contributed by atoms with Crippen LogP contribution in [0.25, 0.3) is 5.70 Å². The molecule has 2 saturated heterocycles. The minimum absolute atomic E-state index is 0.101. The molecule has 1 aromatic carbocycles. The number of morpholine rings is 1. The Kier molecular flexibility index (Phi) is 10.2. The van der Waals surface area contributed by atoms with Crippen molar-refractivity contribution in [2.45, 2.75) is 32.7 Å². The third-order valence-corrected chi connectivity index (χ3v) is 6.28. The number of likely N-dealkylation sites (tertiary alicyclic amines) is 1. The maximum atomic E-state index is 9.52. The molecule has 2 heterocycles. The second-order valence-electron chi connectivity index (χ2n) is 8.58. The smallest absolute Gasteiger partial charge is 0.161 e. The van der Waals surface area contributed by atoms with E-state index >= 15 is 0 Å². The molecule has 186 valence electrons. The molecule has 0 atom stereocenters. The molecule has 34 heavy (non-hydrogen) atoms. The highest BCUT2D eigenvalue weighted by atomic mass is 16.5. The largest absolute Gasteiger partial charge is 0.493 e. The van der Waals surface area contributed by atoms with Gasteiger partial charge < -0.3 is 24.2 Å². The van der Waals surface area contributed by atoms with Crippen molar-refractivity contribution < 1.29 is 19.3 Å². The van der Waals surface area contributed by atoms with Gasteiger partial charge in [-0.1, -0.05) is 6.58 Å². The van der Waals surface area contributed by atoms with Gasteiger partial charge >= 0.3 is 0 Å². The predicted octanol–water partition coefficient (Wildman–Crippen LogP) is 3.75. The molecule has 7 nitrogen and oxygen atoms in total. The number of piperidine rings is 1. The van der Waals surface area contributed by atoms with Gasteiger partial charge in [0.15, 0.2) is 11.5 Å². The van der Waals surface area contributed by atoms with E-state index in [2.05, 4.69) is 27.4 Å². The van der Waals surface area contributed by atoms with Crippen LogP contribution in [0.3, 0.4) is 0 Å². The fourth-order valence-corrected chi connectivity index (χ4v) is 4.46. The van der Waals surface area contributed by atoms with Gasteiger partial charge in [-0.05, 0) is 62.6 Å². The average molecular weight is 470 g/mol. The van der Waals surface area contributed by atoms with Crippen LogP contribution in [-0.2, 0) is 4.74 Å². The molecule has 0 amide bonds. The maximum absolute atomic E-state index is 9.52. The van der Waals surface area contributed by atoms with Gasteiger partial charge in [0.2, 0.25) is 0 Å². The Morgan fingerprint density at radius 2 is 1.94 bits per heavy atom. The SMILES string of the molecule is C=C(\C=C(C)/C=N/C(=C\CO)c1ccc(OC)c(OCC)c1)N1CCC(N2CCOCC2)CC1. The normalized spacial score (nSPS) is 19.0. The van der Waals surface area contributed by atoms with Crippen molar-refractivity contribution in [1.82, 2.24) is 9.80 Å². The summed E-state index contributed by atoms with van der Waals surface area (Å²) in [6, 6.07) is 6.30. The van der Waals surface area contributed by atoms with Crippen LogP contribution in [0.4, 0.5) is 0 Å². The molecule has 2 aliphatic heterocycles. The highest BCUT2D eigenvalue weighted by Crippen LogP contribution is 2.31. The zero-order chi connectivity index (χ0) is 24.3. The van der Waals surface area contributed by atoms with E-state index in [1.54, 1.807) is 13.2 Å². The summed E-state index contributed by atoms with van der Waals surface area (Å²) in [6.45, 7) is 14.5. The Hall–Kier alpha value is -2.61. The first-order valence-electron chi connectivity index (χ1n) is 12.2. The Bertz CT molecular complexity index is 895. The number of nitrogens with zero attached hydrogens (tertiary/aromatic N) is 3. The van der Waals surface area contributed by atoms with Gasteiger partial charge in [0.05, 0.1) is 39.2 Å². The molecule has 2 fully saturated rings. The molecule has 1 N–H and O–H groups in total. The maximum Gasteiger partial charge on any atom is 0.161 e. The Morgan fingerprint density at radius 1 is 1.21 bits per heavy atom. The first kappa shape index (κ1) is 26.0. The van der Waals surface area contributed by atoms with Crippen LogP contribution >= 0.6 is 0 Å². The second kappa shape index (κ2) is 13.3. The van der Waals surface area contributed by atoms with E-state index in [0.717, 1.165) is 69.1 Å². The van der Waals surface area contributed by atoms with E-state index in [4.69, 9.17) is 14.2 Å². The molecule has 3 rings (SSSR count). The summed E-state index contributed by atoms with van der Waals surface area (Å²) in [4.78, 5) is 9.57. The van der Waals surface area contributed by atoms with Crippen molar-refractivity contribution >= 4 is 11.9 Å². The minimum Gasteiger partial charge on any atom is -0.493 e. The summed E-state index contributed by atoms with van der Waals surface area (Å²) < 4.78 is 16.5. The average Bonchev–Trinajstić information content (AvgIpc) is 2.87. The number of rotatable bonds is 10. The second-order valence-corrected chi connectivity index (χ2v) is 8.58. The lowest BCUT2D eigenvalue weighted by atomic mass is 10.0. The number of ether oxygens (including phenoxy) is 3. The van der Waals surface area contributed by atoms with Gasteiger partial charge in [-0.2, -0.15) is 0 Å². The molecule has 0 spiro atoms.